The molecule has 0 aliphatic rings. The van der Waals surface area contributed by atoms with Crippen molar-refractivity contribution in [2.24, 2.45) is 7.05 Å². The molecule has 0 fully saturated rings. The number of carbonyl (C=O) groups is 2. The van der Waals surface area contributed by atoms with Crippen LogP contribution >= 0.6 is 0 Å². The van der Waals surface area contributed by atoms with Crippen LogP contribution in [0.2, 0.25) is 0 Å². The number of carbonyl (C=O) groups excluding carboxylic acids is 1. The lowest BCUT2D eigenvalue weighted by molar-refractivity contribution is 0.0692. The topological polar surface area (TPSA) is 100 Å². The van der Waals surface area contributed by atoms with Crippen LogP contribution < -0.4 is 5.32 Å². The number of aromatic carboxylic acids is 1. The third kappa shape index (κ3) is 2.10. The van der Waals surface area contributed by atoms with E-state index in [2.05, 4.69) is 15.3 Å². The third-order valence-corrected chi connectivity index (χ3v) is 2.46. The summed E-state index contributed by atoms with van der Waals surface area (Å²) in [5.41, 5.74) is 1.21. The molecule has 0 spiro atoms. The molecule has 0 saturated heterocycles. The van der Waals surface area contributed by atoms with Crippen LogP contribution in [0.4, 0.5) is 5.69 Å². The van der Waals surface area contributed by atoms with Crippen molar-refractivity contribution in [1.82, 2.24) is 14.5 Å². The molecule has 0 saturated carbocycles. The average molecular weight is 248 g/mol. The van der Waals surface area contributed by atoms with Crippen LogP contribution in [0.1, 0.15) is 26.7 Å². The minimum atomic E-state index is -1.12. The number of nitrogens with one attached hydrogen (secondary N) is 2. The number of carboxylic acid groups (broad SMARTS) is 1. The highest BCUT2D eigenvalue weighted by Crippen LogP contribution is 2.17. The van der Waals surface area contributed by atoms with E-state index < -0.39 is 11.9 Å². The minimum absolute atomic E-state index is 0.0389. The summed E-state index contributed by atoms with van der Waals surface area (Å²) in [6.07, 6.45) is 2.91. The smallest absolute Gasteiger partial charge is 0.354 e. The van der Waals surface area contributed by atoms with Crippen molar-refractivity contribution in [2.45, 2.75) is 6.92 Å². The number of aryl methyl sites for hydroxylation is 2. The zero-order valence-electron chi connectivity index (χ0n) is 9.89. The van der Waals surface area contributed by atoms with Crippen molar-refractivity contribution < 1.29 is 14.7 Å². The summed E-state index contributed by atoms with van der Waals surface area (Å²) < 4.78 is 1.55. The fourth-order valence-corrected chi connectivity index (χ4v) is 1.62. The number of hydrogen-bond acceptors (Lipinski definition) is 3. The van der Waals surface area contributed by atoms with Gasteiger partial charge in [0.15, 0.2) is 0 Å². The van der Waals surface area contributed by atoms with Crippen molar-refractivity contribution in [3.05, 3.63) is 35.7 Å². The van der Waals surface area contributed by atoms with Gasteiger partial charge in [-0.15, -0.1) is 0 Å². The second-order valence-electron chi connectivity index (χ2n) is 3.89. The van der Waals surface area contributed by atoms with Crippen molar-refractivity contribution in [2.75, 3.05) is 5.32 Å². The highest BCUT2D eigenvalue weighted by Gasteiger charge is 2.17. The molecular weight excluding hydrogens is 236 g/mol. The molecule has 0 unspecified atom stereocenters. The molecule has 7 nitrogen and oxygen atoms in total. The average Bonchev–Trinajstić information content (AvgIpc) is 2.84. The number of aromatic amines is 1. The van der Waals surface area contributed by atoms with Gasteiger partial charge < -0.3 is 20.0 Å². The van der Waals surface area contributed by atoms with E-state index >= 15 is 0 Å². The van der Waals surface area contributed by atoms with Crippen LogP contribution in [0.15, 0.2) is 18.6 Å². The molecule has 3 N–H and O–H groups in total. The highest BCUT2D eigenvalue weighted by atomic mass is 16.4. The van der Waals surface area contributed by atoms with Gasteiger partial charge in [0.05, 0.1) is 18.2 Å². The van der Waals surface area contributed by atoms with Gasteiger partial charge in [0.25, 0.3) is 5.91 Å². The Morgan fingerprint density at radius 3 is 2.78 bits per heavy atom. The fraction of sp³-hybridized carbons (Fsp3) is 0.182. The van der Waals surface area contributed by atoms with Gasteiger partial charge in [-0.25, -0.2) is 9.78 Å². The van der Waals surface area contributed by atoms with E-state index in [1.54, 1.807) is 24.6 Å². The summed E-state index contributed by atoms with van der Waals surface area (Å²) in [6, 6.07) is 1.57. The van der Waals surface area contributed by atoms with Gasteiger partial charge in [-0.1, -0.05) is 0 Å². The predicted molar refractivity (Wildman–Crippen MR) is 63.7 cm³/mol. The number of amides is 1. The van der Waals surface area contributed by atoms with Gasteiger partial charge >= 0.3 is 5.97 Å². The van der Waals surface area contributed by atoms with Crippen LogP contribution in [0, 0.1) is 6.92 Å². The molecule has 2 rings (SSSR count). The molecule has 7 heteroatoms. The number of imidazole rings is 1. The van der Waals surface area contributed by atoms with Crippen LogP contribution in [0.5, 0.6) is 0 Å². The first-order chi connectivity index (χ1) is 8.49. The molecule has 2 aromatic rings. The molecule has 18 heavy (non-hydrogen) atoms. The summed E-state index contributed by atoms with van der Waals surface area (Å²) in [5, 5.41) is 11.5. The molecule has 0 aromatic carbocycles. The van der Waals surface area contributed by atoms with Gasteiger partial charge in [-0.3, -0.25) is 4.79 Å². The normalized spacial score (nSPS) is 10.3. The van der Waals surface area contributed by atoms with Gasteiger partial charge in [0, 0.05) is 12.7 Å². The molecule has 0 radical (unpaired) electrons. The summed E-state index contributed by atoms with van der Waals surface area (Å²) in [7, 11) is 1.68. The summed E-state index contributed by atoms with van der Waals surface area (Å²) in [5.74, 6) is -1.53. The molecule has 94 valence electrons. The molecule has 1 amide bonds. The minimum Gasteiger partial charge on any atom is -0.477 e. The van der Waals surface area contributed by atoms with E-state index in [1.807, 2.05) is 0 Å². The Bertz CT molecular complexity index is 612. The zero-order valence-corrected chi connectivity index (χ0v) is 9.89. The zero-order chi connectivity index (χ0) is 13.3. The van der Waals surface area contributed by atoms with Crippen LogP contribution in [-0.4, -0.2) is 31.5 Å². The van der Waals surface area contributed by atoms with E-state index in [0.717, 1.165) is 0 Å². The maximum atomic E-state index is 11.9. The number of nitrogens with zero attached hydrogens (tertiary/aromatic N) is 2. The van der Waals surface area contributed by atoms with Crippen molar-refractivity contribution >= 4 is 17.6 Å². The predicted octanol–water partition coefficient (Wildman–Crippen LogP) is 1.01. The van der Waals surface area contributed by atoms with Gasteiger partial charge in [0.1, 0.15) is 11.4 Å². The van der Waals surface area contributed by atoms with Crippen molar-refractivity contribution in [1.29, 1.82) is 0 Å². The first-order valence-electron chi connectivity index (χ1n) is 5.19. The number of H-pyrrole nitrogens is 1. The van der Waals surface area contributed by atoms with E-state index in [9.17, 15) is 9.59 Å². The molecular formula is C11H12N4O3. The van der Waals surface area contributed by atoms with Gasteiger partial charge in [-0.05, 0) is 13.0 Å². The summed E-state index contributed by atoms with van der Waals surface area (Å²) >= 11 is 0. The Morgan fingerprint density at radius 2 is 2.22 bits per heavy atom. The lowest BCUT2D eigenvalue weighted by Gasteiger charge is -2.04. The van der Waals surface area contributed by atoms with E-state index in [0.29, 0.717) is 11.4 Å². The van der Waals surface area contributed by atoms with E-state index in [1.165, 1.54) is 12.5 Å². The van der Waals surface area contributed by atoms with E-state index in [-0.39, 0.29) is 11.4 Å². The Balaban J connectivity index is 2.27. The maximum Gasteiger partial charge on any atom is 0.354 e. The molecule has 0 aliphatic heterocycles. The summed E-state index contributed by atoms with van der Waals surface area (Å²) in [4.78, 5) is 29.4. The second kappa shape index (κ2) is 4.36. The first kappa shape index (κ1) is 11.9. The molecule has 2 aromatic heterocycles. The SMILES string of the molecule is Cc1cc(NC(=O)c2cncn2C)c(C(=O)O)[nH]1. The monoisotopic (exact) mass is 248 g/mol. The number of aromatic nitrogens is 3. The number of hydrogen-bond donors (Lipinski definition) is 3. The maximum absolute atomic E-state index is 11.9. The largest absolute Gasteiger partial charge is 0.477 e. The molecule has 0 bridgehead atoms. The lowest BCUT2D eigenvalue weighted by atomic mass is 10.3. The molecule has 0 aliphatic carbocycles. The van der Waals surface area contributed by atoms with E-state index in [4.69, 9.17) is 5.11 Å². The van der Waals surface area contributed by atoms with Crippen LogP contribution in [-0.2, 0) is 7.05 Å². The fourth-order valence-electron chi connectivity index (χ4n) is 1.62. The molecule has 2 heterocycles. The number of carboxylic acids is 1. The summed E-state index contributed by atoms with van der Waals surface area (Å²) in [6.45, 7) is 1.71. The van der Waals surface area contributed by atoms with Crippen molar-refractivity contribution in [3.8, 4) is 0 Å². The lowest BCUT2D eigenvalue weighted by Crippen LogP contribution is -2.16. The Hall–Kier alpha value is -2.57. The molecule has 0 atom stereocenters. The van der Waals surface area contributed by atoms with Crippen LogP contribution in [0.3, 0.4) is 0 Å². The highest BCUT2D eigenvalue weighted by molar-refractivity contribution is 6.06. The quantitative estimate of drug-likeness (QED) is 0.754. The van der Waals surface area contributed by atoms with Crippen LogP contribution in [0.25, 0.3) is 0 Å². The number of anilines is 1. The third-order valence-electron chi connectivity index (χ3n) is 2.46. The standard InChI is InChI=1S/C11H12N4O3/c1-6-3-7(9(13-6)11(17)18)14-10(16)8-4-12-5-15(8)2/h3-5,13H,1-2H3,(H,14,16)(H,17,18). The van der Waals surface area contributed by atoms with Gasteiger partial charge in [0.2, 0.25) is 0 Å². The Labute approximate surface area is 102 Å². The first-order valence-corrected chi connectivity index (χ1v) is 5.19. The Kier molecular flexibility index (Phi) is 2.88. The second-order valence-corrected chi connectivity index (χ2v) is 3.89. The Morgan fingerprint density at radius 1 is 1.50 bits per heavy atom. The number of rotatable bonds is 3. The van der Waals surface area contributed by atoms with Gasteiger partial charge in [-0.2, -0.15) is 0 Å². The van der Waals surface area contributed by atoms with Crippen molar-refractivity contribution in [3.63, 3.8) is 0 Å².